The topological polar surface area (TPSA) is 89.5 Å². The predicted molar refractivity (Wildman–Crippen MR) is 180 cm³/mol. The Morgan fingerprint density at radius 2 is 1.52 bits per heavy atom. The predicted octanol–water partition coefficient (Wildman–Crippen LogP) is 8.16. The number of anilines is 1. The number of pyridine rings is 1. The molecule has 0 bridgehead atoms. The maximum absolute atomic E-state index is 13.7. The summed E-state index contributed by atoms with van der Waals surface area (Å²) in [5, 5.41) is 5.92. The lowest BCUT2D eigenvalue weighted by Gasteiger charge is -2.35. The van der Waals surface area contributed by atoms with E-state index in [0.717, 1.165) is 21.7 Å². The molecule has 0 aliphatic rings. The van der Waals surface area contributed by atoms with Crippen molar-refractivity contribution < 1.29 is 18.9 Å². The van der Waals surface area contributed by atoms with Crippen LogP contribution in [-0.2, 0) is 9.32 Å². The summed E-state index contributed by atoms with van der Waals surface area (Å²) in [6.07, 6.45) is 3.47. The number of hydrogen-bond acceptors (Lipinski definition) is 5. The Kier molecular flexibility index (Phi) is 8.94. The zero-order chi connectivity index (χ0) is 31.3. The van der Waals surface area contributed by atoms with Gasteiger partial charge in [0.25, 0.3) is 11.8 Å². The Labute approximate surface area is 259 Å². The fourth-order valence-electron chi connectivity index (χ4n) is 4.38. The lowest BCUT2D eigenvalue weighted by atomic mass is 10.1. The molecular formula is C36H37N3O4Si. The highest BCUT2D eigenvalue weighted by atomic mass is 28.4. The summed E-state index contributed by atoms with van der Waals surface area (Å²) >= 11 is 0. The summed E-state index contributed by atoms with van der Waals surface area (Å²) < 4.78 is 12.1. The second-order valence-corrected chi connectivity index (χ2v) is 16.9. The molecular weight excluding hydrogens is 566 g/mol. The van der Waals surface area contributed by atoms with Crippen LogP contribution in [-0.4, -0.2) is 31.7 Å². The first-order chi connectivity index (χ1) is 21.0. The summed E-state index contributed by atoms with van der Waals surface area (Å²) in [5.74, 6) is 0.0569. The van der Waals surface area contributed by atoms with Gasteiger partial charge >= 0.3 is 0 Å². The first-order valence-electron chi connectivity index (χ1n) is 14.6. The zero-order valence-electron chi connectivity index (χ0n) is 25.7. The number of carbonyl (C=O) groups is 2. The SMILES string of the molecule is CC(C)(C)[Si](C)(C)ONC(=O)c1ccc(C=C(COc2cccc3ccccc23)C(=O)Nc2cccc3cccnc23)cc1. The number of ether oxygens (including phenoxy) is 1. The van der Waals surface area contributed by atoms with Gasteiger partial charge in [0.15, 0.2) is 0 Å². The molecule has 0 saturated heterocycles. The third kappa shape index (κ3) is 7.05. The highest BCUT2D eigenvalue weighted by molar-refractivity contribution is 6.74. The van der Waals surface area contributed by atoms with Gasteiger partial charge in [-0.05, 0) is 65.5 Å². The van der Waals surface area contributed by atoms with Crippen LogP contribution in [0.15, 0.2) is 109 Å². The van der Waals surface area contributed by atoms with Crippen molar-refractivity contribution in [1.29, 1.82) is 0 Å². The number of hydrogen-bond donors (Lipinski definition) is 2. The molecule has 0 aliphatic heterocycles. The van der Waals surface area contributed by atoms with Crippen LogP contribution in [0.4, 0.5) is 5.69 Å². The standard InChI is InChI=1S/C36H37N3O4Si/c1-36(2,3)44(4,5)43-39-35(41)28-20-18-25(19-21-28)23-29(24-42-32-17-9-12-26-11-6-7-15-30(26)32)34(40)38-31-16-8-13-27-14-10-22-37-33(27)31/h6-23H,24H2,1-5H3,(H,38,40)(H,39,41). The van der Waals surface area contributed by atoms with Crippen molar-refractivity contribution in [3.8, 4) is 5.75 Å². The molecule has 0 spiro atoms. The van der Waals surface area contributed by atoms with E-state index in [1.807, 2.05) is 72.8 Å². The van der Waals surface area contributed by atoms with Crippen LogP contribution in [0.2, 0.25) is 18.1 Å². The molecule has 0 unspecified atom stereocenters. The minimum atomic E-state index is -2.15. The first kappa shape index (κ1) is 30.7. The summed E-state index contributed by atoms with van der Waals surface area (Å²) in [6, 6.07) is 30.3. The molecule has 0 atom stereocenters. The van der Waals surface area contributed by atoms with Gasteiger partial charge in [-0.1, -0.05) is 87.5 Å². The molecule has 224 valence electrons. The molecule has 7 nitrogen and oxygen atoms in total. The van der Waals surface area contributed by atoms with Crippen molar-refractivity contribution in [2.45, 2.75) is 38.9 Å². The van der Waals surface area contributed by atoms with E-state index in [4.69, 9.17) is 9.26 Å². The number of nitrogens with one attached hydrogen (secondary N) is 2. The van der Waals surface area contributed by atoms with Gasteiger partial charge in [0.2, 0.25) is 8.32 Å². The number of fused-ring (bicyclic) bond motifs is 2. The summed E-state index contributed by atoms with van der Waals surface area (Å²) in [7, 11) is -2.15. The fourth-order valence-corrected chi connectivity index (χ4v) is 5.03. The highest BCUT2D eigenvalue weighted by Crippen LogP contribution is 2.36. The molecule has 1 heterocycles. The van der Waals surface area contributed by atoms with E-state index in [1.165, 1.54) is 0 Å². The van der Waals surface area contributed by atoms with Gasteiger partial charge in [-0.15, -0.1) is 0 Å². The first-order valence-corrected chi connectivity index (χ1v) is 17.5. The Bertz CT molecular complexity index is 1830. The Morgan fingerprint density at radius 3 is 2.30 bits per heavy atom. The quantitative estimate of drug-likeness (QED) is 0.101. The number of hydroxylamine groups is 1. The third-order valence-corrected chi connectivity index (χ3v) is 12.2. The number of nitrogens with zero attached hydrogens (tertiary/aromatic N) is 1. The summed E-state index contributed by atoms with van der Waals surface area (Å²) in [6.45, 7) is 10.5. The molecule has 4 aromatic carbocycles. The van der Waals surface area contributed by atoms with Crippen LogP contribution in [0.5, 0.6) is 5.75 Å². The number of benzene rings is 4. The molecule has 0 saturated carbocycles. The molecule has 44 heavy (non-hydrogen) atoms. The van der Waals surface area contributed by atoms with E-state index in [2.05, 4.69) is 49.6 Å². The normalized spacial score (nSPS) is 12.2. The maximum Gasteiger partial charge on any atom is 0.273 e. The Hall–Kier alpha value is -4.79. The van der Waals surface area contributed by atoms with E-state index in [-0.39, 0.29) is 23.5 Å². The van der Waals surface area contributed by atoms with Crippen molar-refractivity contribution in [3.63, 3.8) is 0 Å². The number of aromatic nitrogens is 1. The molecule has 2 N–H and O–H groups in total. The molecule has 0 radical (unpaired) electrons. The number of para-hydroxylation sites is 1. The van der Waals surface area contributed by atoms with Gasteiger partial charge in [0.05, 0.1) is 16.8 Å². The van der Waals surface area contributed by atoms with E-state index < -0.39 is 8.32 Å². The van der Waals surface area contributed by atoms with Gasteiger partial charge in [-0.2, -0.15) is 0 Å². The average molecular weight is 604 g/mol. The van der Waals surface area contributed by atoms with Crippen molar-refractivity contribution in [1.82, 2.24) is 10.5 Å². The Balaban J connectivity index is 1.39. The number of amides is 2. The largest absolute Gasteiger partial charge is 0.488 e. The zero-order valence-corrected chi connectivity index (χ0v) is 26.7. The summed E-state index contributed by atoms with van der Waals surface area (Å²) in [5.41, 5.74) is 5.56. The fraction of sp³-hybridized carbons (Fsp3) is 0.194. The summed E-state index contributed by atoms with van der Waals surface area (Å²) in [4.78, 5) is 31.0. The van der Waals surface area contributed by atoms with E-state index >= 15 is 0 Å². The van der Waals surface area contributed by atoms with E-state index in [9.17, 15) is 9.59 Å². The third-order valence-electron chi connectivity index (χ3n) is 8.02. The van der Waals surface area contributed by atoms with Crippen LogP contribution in [0, 0.1) is 0 Å². The second kappa shape index (κ2) is 12.8. The van der Waals surface area contributed by atoms with Crippen molar-refractivity contribution >= 4 is 53.6 Å². The number of carbonyl (C=O) groups excluding carboxylic acids is 2. The molecule has 0 aliphatic carbocycles. The van der Waals surface area contributed by atoms with Gasteiger partial charge in [0, 0.05) is 22.5 Å². The molecule has 1 aromatic heterocycles. The van der Waals surface area contributed by atoms with Gasteiger partial charge in [-0.3, -0.25) is 14.6 Å². The van der Waals surface area contributed by atoms with Crippen molar-refractivity contribution in [3.05, 3.63) is 120 Å². The Morgan fingerprint density at radius 1 is 0.841 bits per heavy atom. The molecule has 5 rings (SSSR count). The van der Waals surface area contributed by atoms with Crippen molar-refractivity contribution in [2.24, 2.45) is 0 Å². The monoisotopic (exact) mass is 603 g/mol. The van der Waals surface area contributed by atoms with Gasteiger partial charge in [0.1, 0.15) is 12.4 Å². The van der Waals surface area contributed by atoms with Crippen LogP contribution >= 0.6 is 0 Å². The maximum atomic E-state index is 13.7. The lowest BCUT2D eigenvalue weighted by Crippen LogP contribution is -2.46. The van der Waals surface area contributed by atoms with Crippen LogP contribution in [0.25, 0.3) is 27.8 Å². The van der Waals surface area contributed by atoms with Crippen LogP contribution in [0.1, 0.15) is 36.7 Å². The van der Waals surface area contributed by atoms with Crippen LogP contribution in [0.3, 0.4) is 0 Å². The van der Waals surface area contributed by atoms with Gasteiger partial charge in [-0.25, -0.2) is 5.48 Å². The van der Waals surface area contributed by atoms with Crippen molar-refractivity contribution in [2.75, 3.05) is 11.9 Å². The molecule has 2 amide bonds. The highest BCUT2D eigenvalue weighted by Gasteiger charge is 2.38. The number of rotatable bonds is 9. The lowest BCUT2D eigenvalue weighted by molar-refractivity contribution is -0.113. The van der Waals surface area contributed by atoms with Crippen LogP contribution < -0.4 is 15.5 Å². The smallest absolute Gasteiger partial charge is 0.273 e. The van der Waals surface area contributed by atoms with Gasteiger partial charge < -0.3 is 14.6 Å². The second-order valence-electron chi connectivity index (χ2n) is 12.2. The molecule has 5 aromatic rings. The molecule has 0 fully saturated rings. The van der Waals surface area contributed by atoms with E-state index in [1.54, 1.807) is 36.5 Å². The minimum Gasteiger partial charge on any atom is -0.488 e. The van der Waals surface area contributed by atoms with E-state index in [0.29, 0.717) is 28.1 Å². The average Bonchev–Trinajstić information content (AvgIpc) is 3.02. The molecule has 8 heteroatoms. The minimum absolute atomic E-state index is 0.0284.